The first-order chi connectivity index (χ1) is 9.54. The van der Waals surface area contributed by atoms with Crippen LogP contribution in [-0.2, 0) is 4.74 Å². The van der Waals surface area contributed by atoms with Crippen LogP contribution >= 0.6 is 34.2 Å². The van der Waals surface area contributed by atoms with Crippen molar-refractivity contribution in [3.05, 3.63) is 16.1 Å². The van der Waals surface area contributed by atoms with Crippen molar-refractivity contribution >= 4 is 51.0 Å². The first kappa shape index (κ1) is 14.3. The highest BCUT2D eigenvalue weighted by atomic mass is 127. The van der Waals surface area contributed by atoms with Crippen LogP contribution in [0.3, 0.4) is 0 Å². The number of hydrogen-bond donors (Lipinski definition) is 3. The van der Waals surface area contributed by atoms with E-state index in [1.54, 1.807) is 10.8 Å². The molecule has 2 aromatic rings. The minimum Gasteiger partial charge on any atom is -0.387 e. The molecule has 2 aromatic heterocycles. The van der Waals surface area contributed by atoms with Gasteiger partial charge in [0.1, 0.15) is 36.1 Å². The lowest BCUT2D eigenvalue weighted by molar-refractivity contribution is -0.0289. The Hall–Kier alpha value is -0.680. The normalized spacial score (nSPS) is 30.2. The average Bonchev–Trinajstić information content (AvgIpc) is 2.90. The predicted octanol–water partition coefficient (Wildman–Crippen LogP) is 0.476. The van der Waals surface area contributed by atoms with E-state index < -0.39 is 24.5 Å². The van der Waals surface area contributed by atoms with Crippen molar-refractivity contribution in [1.29, 1.82) is 0 Å². The second kappa shape index (κ2) is 5.26. The zero-order chi connectivity index (χ0) is 14.4. The van der Waals surface area contributed by atoms with Crippen LogP contribution in [0, 0.1) is 3.57 Å². The minimum absolute atomic E-state index is 0.0993. The number of anilines is 1. The molecule has 1 saturated heterocycles. The van der Waals surface area contributed by atoms with E-state index >= 15 is 0 Å². The Bertz CT molecular complexity index is 652. The Morgan fingerprint density at radius 2 is 2.15 bits per heavy atom. The molecule has 0 unspecified atom stereocenters. The maximum absolute atomic E-state index is 10.1. The van der Waals surface area contributed by atoms with Gasteiger partial charge in [-0.2, -0.15) is 0 Å². The molecule has 0 spiro atoms. The van der Waals surface area contributed by atoms with Gasteiger partial charge in [-0.3, -0.25) is 0 Å². The SMILES string of the molecule is Nc1ncnc2c1c(I)cn2[C@@H]1O[C@H](CCl)[C@H](O)[C@@H]1O. The van der Waals surface area contributed by atoms with E-state index in [0.717, 1.165) is 3.57 Å². The minimum atomic E-state index is -1.08. The summed E-state index contributed by atoms with van der Waals surface area (Å²) in [6.07, 6.45) is -0.387. The maximum Gasteiger partial charge on any atom is 0.164 e. The topological polar surface area (TPSA) is 106 Å². The Kier molecular flexibility index (Phi) is 3.75. The molecule has 0 bridgehead atoms. The van der Waals surface area contributed by atoms with Crippen molar-refractivity contribution in [2.75, 3.05) is 11.6 Å². The van der Waals surface area contributed by atoms with Crippen molar-refractivity contribution in [2.45, 2.75) is 24.5 Å². The lowest BCUT2D eigenvalue weighted by atomic mass is 10.1. The third-order valence-electron chi connectivity index (χ3n) is 3.36. The molecule has 0 aliphatic carbocycles. The summed E-state index contributed by atoms with van der Waals surface area (Å²) in [7, 11) is 0. The summed E-state index contributed by atoms with van der Waals surface area (Å²) >= 11 is 7.83. The molecule has 0 amide bonds. The highest BCUT2D eigenvalue weighted by Gasteiger charge is 2.43. The van der Waals surface area contributed by atoms with Gasteiger partial charge in [-0.05, 0) is 22.6 Å². The van der Waals surface area contributed by atoms with Crippen LogP contribution in [0.25, 0.3) is 11.0 Å². The zero-order valence-corrected chi connectivity index (χ0v) is 13.1. The average molecular weight is 411 g/mol. The Labute approximate surface area is 132 Å². The number of halogens is 2. The number of nitrogens with two attached hydrogens (primary N) is 1. The van der Waals surface area contributed by atoms with E-state index in [2.05, 4.69) is 32.6 Å². The van der Waals surface area contributed by atoms with Crippen molar-refractivity contribution in [3.8, 4) is 0 Å². The van der Waals surface area contributed by atoms with Crippen LogP contribution in [0.4, 0.5) is 5.82 Å². The van der Waals surface area contributed by atoms with Gasteiger partial charge >= 0.3 is 0 Å². The molecule has 3 rings (SSSR count). The molecule has 108 valence electrons. The number of aromatic nitrogens is 3. The standard InChI is InChI=1S/C11H12ClIN4O3/c12-1-5-7(18)8(19)11(20-5)17-2-4(13)6-9(14)15-3-16-10(6)17/h2-3,5,7-8,11,18-19H,1H2,(H2,14,15,16)/t5-,7+,8+,11-/m1/s1. The summed E-state index contributed by atoms with van der Waals surface area (Å²) in [5, 5.41) is 20.7. The highest BCUT2D eigenvalue weighted by molar-refractivity contribution is 14.1. The highest BCUT2D eigenvalue weighted by Crippen LogP contribution is 2.35. The fourth-order valence-corrected chi connectivity index (χ4v) is 3.42. The third kappa shape index (κ3) is 2.06. The number of rotatable bonds is 2. The molecular formula is C11H12ClIN4O3. The number of fused-ring (bicyclic) bond motifs is 1. The van der Waals surface area contributed by atoms with Crippen LogP contribution in [0.2, 0.25) is 0 Å². The fraction of sp³-hybridized carbons (Fsp3) is 0.455. The van der Waals surface area contributed by atoms with Gasteiger partial charge in [0, 0.05) is 9.77 Å². The van der Waals surface area contributed by atoms with Gasteiger partial charge in [-0.15, -0.1) is 11.6 Å². The largest absolute Gasteiger partial charge is 0.387 e. The second-order valence-electron chi connectivity index (χ2n) is 4.54. The summed E-state index contributed by atoms with van der Waals surface area (Å²) in [4.78, 5) is 8.13. The van der Waals surface area contributed by atoms with Crippen LogP contribution in [0.15, 0.2) is 12.5 Å². The number of nitrogen functional groups attached to an aromatic ring is 1. The van der Waals surface area contributed by atoms with Gasteiger partial charge in [0.15, 0.2) is 6.23 Å². The van der Waals surface area contributed by atoms with E-state index in [4.69, 9.17) is 22.1 Å². The van der Waals surface area contributed by atoms with Crippen molar-refractivity contribution in [1.82, 2.24) is 14.5 Å². The summed E-state index contributed by atoms with van der Waals surface area (Å²) in [5.41, 5.74) is 6.39. The molecule has 1 fully saturated rings. The van der Waals surface area contributed by atoms with E-state index in [0.29, 0.717) is 16.9 Å². The number of aliphatic hydroxyl groups excluding tert-OH is 2. The molecule has 20 heavy (non-hydrogen) atoms. The molecule has 1 aliphatic heterocycles. The quantitative estimate of drug-likeness (QED) is 0.491. The van der Waals surface area contributed by atoms with Crippen molar-refractivity contribution in [3.63, 3.8) is 0 Å². The summed E-state index contributed by atoms with van der Waals surface area (Å²) in [5.74, 6) is 0.461. The molecule has 0 saturated carbocycles. The third-order valence-corrected chi connectivity index (χ3v) is 4.48. The Morgan fingerprint density at radius 1 is 1.40 bits per heavy atom. The monoisotopic (exact) mass is 410 g/mol. The number of alkyl halides is 1. The first-order valence-corrected chi connectivity index (χ1v) is 7.50. The summed E-state index contributed by atoms with van der Waals surface area (Å²) < 4.78 is 8.10. The van der Waals surface area contributed by atoms with Gasteiger partial charge in [0.2, 0.25) is 0 Å². The number of ether oxygens (including phenoxy) is 1. The van der Waals surface area contributed by atoms with E-state index in [-0.39, 0.29) is 5.88 Å². The number of nitrogens with zero attached hydrogens (tertiary/aromatic N) is 3. The zero-order valence-electron chi connectivity index (χ0n) is 10.1. The molecule has 0 aromatic carbocycles. The van der Waals surface area contributed by atoms with Crippen LogP contribution in [0.5, 0.6) is 0 Å². The van der Waals surface area contributed by atoms with Crippen molar-refractivity contribution < 1.29 is 14.9 Å². The molecule has 1 aliphatic rings. The molecule has 9 heteroatoms. The molecule has 7 nitrogen and oxygen atoms in total. The van der Waals surface area contributed by atoms with Crippen LogP contribution < -0.4 is 5.73 Å². The van der Waals surface area contributed by atoms with Gasteiger partial charge < -0.3 is 25.3 Å². The Morgan fingerprint density at radius 3 is 2.80 bits per heavy atom. The van der Waals surface area contributed by atoms with E-state index in [1.807, 2.05) is 0 Å². The molecule has 3 heterocycles. The molecule has 4 N–H and O–H groups in total. The van der Waals surface area contributed by atoms with Gasteiger partial charge in [-0.25, -0.2) is 9.97 Å². The van der Waals surface area contributed by atoms with Crippen molar-refractivity contribution in [2.24, 2.45) is 0 Å². The Balaban J connectivity index is 2.10. The number of aliphatic hydroxyl groups is 2. The smallest absolute Gasteiger partial charge is 0.164 e. The van der Waals surface area contributed by atoms with Gasteiger partial charge in [-0.1, -0.05) is 0 Å². The van der Waals surface area contributed by atoms with E-state index in [9.17, 15) is 10.2 Å². The fourth-order valence-electron chi connectivity index (χ4n) is 2.34. The van der Waals surface area contributed by atoms with Gasteiger partial charge in [0.25, 0.3) is 0 Å². The molecule has 4 atom stereocenters. The lowest BCUT2D eigenvalue weighted by Crippen LogP contribution is -2.32. The summed E-state index contributed by atoms with van der Waals surface area (Å²) in [6.45, 7) is 0. The van der Waals surface area contributed by atoms with Gasteiger partial charge in [0.05, 0.1) is 11.3 Å². The maximum atomic E-state index is 10.1. The first-order valence-electron chi connectivity index (χ1n) is 5.88. The second-order valence-corrected chi connectivity index (χ2v) is 6.01. The van der Waals surface area contributed by atoms with Crippen LogP contribution in [-0.4, -0.2) is 48.9 Å². The van der Waals surface area contributed by atoms with E-state index in [1.165, 1.54) is 6.33 Å². The summed E-state index contributed by atoms with van der Waals surface area (Å²) in [6, 6.07) is 0. The lowest BCUT2D eigenvalue weighted by Gasteiger charge is -2.17. The van der Waals surface area contributed by atoms with Crippen LogP contribution in [0.1, 0.15) is 6.23 Å². The predicted molar refractivity (Wildman–Crippen MR) is 81.3 cm³/mol. The number of hydrogen-bond acceptors (Lipinski definition) is 6. The molecule has 0 radical (unpaired) electrons. The molecular weight excluding hydrogens is 399 g/mol.